The molecule has 5 rings (SSSR count). The van der Waals surface area contributed by atoms with Crippen molar-refractivity contribution < 1.29 is 14.3 Å². The number of amides is 1. The number of nitrogens with one attached hydrogen (secondary N) is 1. The molecule has 0 saturated carbocycles. The van der Waals surface area contributed by atoms with Crippen LogP contribution >= 0.6 is 11.6 Å². The van der Waals surface area contributed by atoms with Crippen molar-refractivity contribution in [3.63, 3.8) is 0 Å². The number of aryl methyl sites for hydroxylation is 1. The lowest BCUT2D eigenvalue weighted by Crippen LogP contribution is -2.26. The number of benzene rings is 4. The van der Waals surface area contributed by atoms with Crippen molar-refractivity contribution in [3.05, 3.63) is 130 Å². The van der Waals surface area contributed by atoms with Crippen LogP contribution in [0.15, 0.2) is 91.0 Å². The Morgan fingerprint density at radius 1 is 0.907 bits per heavy atom. The Kier molecular flexibility index (Phi) is 8.48. The SMILES string of the molecule is Cc1c(C)n(Cc2ccc(-c3ccccc3C(=O)OC(C)(C)C)cc2)c2ccc(C(=O)N[C@@H](C)c3ccc(Cl)cc3)cc12. The lowest BCUT2D eigenvalue weighted by atomic mass is 9.98. The van der Waals surface area contributed by atoms with Crippen molar-refractivity contribution in [1.29, 1.82) is 0 Å². The minimum Gasteiger partial charge on any atom is -0.456 e. The van der Waals surface area contributed by atoms with Crippen molar-refractivity contribution >= 4 is 34.4 Å². The summed E-state index contributed by atoms with van der Waals surface area (Å²) in [6, 6.07) is 29.1. The average Bonchev–Trinajstić information content (AvgIpc) is 3.21. The predicted molar refractivity (Wildman–Crippen MR) is 175 cm³/mol. The van der Waals surface area contributed by atoms with Crippen molar-refractivity contribution in [2.24, 2.45) is 0 Å². The van der Waals surface area contributed by atoms with E-state index < -0.39 is 5.60 Å². The van der Waals surface area contributed by atoms with Crippen molar-refractivity contribution in [1.82, 2.24) is 9.88 Å². The maximum absolute atomic E-state index is 13.1. The molecule has 0 saturated heterocycles. The highest BCUT2D eigenvalue weighted by atomic mass is 35.5. The van der Waals surface area contributed by atoms with Gasteiger partial charge in [0.25, 0.3) is 5.91 Å². The summed E-state index contributed by atoms with van der Waals surface area (Å²) in [5, 5.41) is 4.83. The van der Waals surface area contributed by atoms with Crippen LogP contribution in [0.25, 0.3) is 22.0 Å². The van der Waals surface area contributed by atoms with Gasteiger partial charge in [0.15, 0.2) is 0 Å². The zero-order valence-electron chi connectivity index (χ0n) is 25.5. The lowest BCUT2D eigenvalue weighted by molar-refractivity contribution is 0.00703. The van der Waals surface area contributed by atoms with Crippen LogP contribution in [0.5, 0.6) is 0 Å². The van der Waals surface area contributed by atoms with Crippen molar-refractivity contribution in [3.8, 4) is 11.1 Å². The van der Waals surface area contributed by atoms with Crippen LogP contribution in [0.2, 0.25) is 5.02 Å². The molecule has 0 spiro atoms. The number of nitrogens with zero attached hydrogens (tertiary/aromatic N) is 1. The van der Waals surface area contributed by atoms with E-state index in [9.17, 15) is 9.59 Å². The van der Waals surface area contributed by atoms with Crippen LogP contribution in [0.3, 0.4) is 0 Å². The number of carbonyl (C=O) groups excluding carboxylic acids is 2. The van der Waals surface area contributed by atoms with Gasteiger partial charge < -0.3 is 14.6 Å². The lowest BCUT2D eigenvalue weighted by Gasteiger charge is -2.20. The second-order valence-electron chi connectivity index (χ2n) is 12.0. The van der Waals surface area contributed by atoms with E-state index in [0.717, 1.165) is 44.4 Å². The molecule has 1 amide bonds. The third kappa shape index (κ3) is 6.68. The molecule has 4 aromatic carbocycles. The summed E-state index contributed by atoms with van der Waals surface area (Å²) in [5.41, 5.74) is 7.93. The van der Waals surface area contributed by atoms with Gasteiger partial charge >= 0.3 is 5.97 Å². The summed E-state index contributed by atoms with van der Waals surface area (Å²) >= 11 is 6.02. The minimum atomic E-state index is -0.566. The number of halogens is 1. The van der Waals surface area contributed by atoms with E-state index in [4.69, 9.17) is 16.3 Å². The summed E-state index contributed by atoms with van der Waals surface area (Å²) in [6.45, 7) is 12.5. The van der Waals surface area contributed by atoms with Crippen LogP contribution in [0, 0.1) is 13.8 Å². The zero-order chi connectivity index (χ0) is 30.9. The first-order valence-corrected chi connectivity index (χ1v) is 14.9. The number of aromatic nitrogens is 1. The molecule has 1 N–H and O–H groups in total. The van der Waals surface area contributed by atoms with Crippen LogP contribution in [0.1, 0.15) is 76.8 Å². The van der Waals surface area contributed by atoms with Crippen molar-refractivity contribution in [2.45, 2.75) is 59.7 Å². The van der Waals surface area contributed by atoms with Gasteiger partial charge in [0.1, 0.15) is 5.60 Å². The fourth-order valence-corrected chi connectivity index (χ4v) is 5.45. The predicted octanol–water partition coefficient (Wildman–Crippen LogP) is 9.07. The van der Waals surface area contributed by atoms with Crippen LogP contribution < -0.4 is 5.32 Å². The molecule has 0 bridgehead atoms. The first kappa shape index (κ1) is 30.1. The average molecular weight is 593 g/mol. The van der Waals surface area contributed by atoms with E-state index in [1.165, 1.54) is 0 Å². The number of hydrogen-bond acceptors (Lipinski definition) is 3. The molecule has 6 heteroatoms. The van der Waals surface area contributed by atoms with E-state index in [2.05, 4.69) is 48.0 Å². The standard InChI is InChI=1S/C37H37ClN2O3/c1-23-25(3)40(34-20-17-29(21-33(23)34)35(41)39-24(2)27-15-18-30(38)19-16-27)22-26-11-13-28(14-12-26)31-9-7-8-10-32(31)36(42)43-37(4,5)6/h7-21,24H,22H2,1-6H3,(H,39,41)/t24-/m0/s1. The topological polar surface area (TPSA) is 60.3 Å². The van der Waals surface area contributed by atoms with E-state index in [-0.39, 0.29) is 17.9 Å². The van der Waals surface area contributed by atoms with E-state index in [0.29, 0.717) is 22.7 Å². The Labute approximate surface area is 258 Å². The van der Waals surface area contributed by atoms with Gasteiger partial charge in [-0.05, 0) is 106 Å². The van der Waals surface area contributed by atoms with E-state index >= 15 is 0 Å². The fraction of sp³-hybridized carbons (Fsp3) is 0.243. The van der Waals surface area contributed by atoms with Gasteiger partial charge in [0.05, 0.1) is 11.6 Å². The molecule has 0 fully saturated rings. The Balaban J connectivity index is 1.36. The van der Waals surface area contributed by atoms with Crippen LogP contribution in [0.4, 0.5) is 0 Å². The van der Waals surface area contributed by atoms with E-state index in [1.807, 2.05) is 94.4 Å². The molecule has 0 aliphatic rings. The number of fused-ring (bicyclic) bond motifs is 1. The van der Waals surface area contributed by atoms with Gasteiger partial charge in [-0.3, -0.25) is 4.79 Å². The normalized spacial score (nSPS) is 12.3. The minimum absolute atomic E-state index is 0.114. The highest BCUT2D eigenvalue weighted by Crippen LogP contribution is 2.30. The first-order chi connectivity index (χ1) is 20.4. The Bertz CT molecular complexity index is 1800. The van der Waals surface area contributed by atoms with Crippen LogP contribution in [-0.4, -0.2) is 22.0 Å². The molecule has 220 valence electrons. The van der Waals surface area contributed by atoms with Gasteiger partial charge in [0, 0.05) is 33.7 Å². The largest absolute Gasteiger partial charge is 0.456 e. The molecule has 5 aromatic rings. The highest BCUT2D eigenvalue weighted by Gasteiger charge is 2.21. The van der Waals surface area contributed by atoms with Gasteiger partial charge in [-0.25, -0.2) is 4.79 Å². The highest BCUT2D eigenvalue weighted by molar-refractivity contribution is 6.30. The second kappa shape index (κ2) is 12.1. The molecular formula is C37H37ClN2O3. The molecule has 43 heavy (non-hydrogen) atoms. The fourth-order valence-electron chi connectivity index (χ4n) is 5.33. The maximum Gasteiger partial charge on any atom is 0.339 e. The Hall–Kier alpha value is -4.35. The zero-order valence-corrected chi connectivity index (χ0v) is 26.3. The molecule has 0 radical (unpaired) electrons. The summed E-state index contributed by atoms with van der Waals surface area (Å²) < 4.78 is 7.92. The molecule has 0 aliphatic carbocycles. The number of esters is 1. The molecule has 1 heterocycles. The Morgan fingerprint density at radius 3 is 2.26 bits per heavy atom. The summed E-state index contributed by atoms with van der Waals surface area (Å²) in [7, 11) is 0. The molecular weight excluding hydrogens is 556 g/mol. The second-order valence-corrected chi connectivity index (χ2v) is 12.5. The maximum atomic E-state index is 13.1. The first-order valence-electron chi connectivity index (χ1n) is 14.5. The number of ether oxygens (including phenoxy) is 1. The number of hydrogen-bond donors (Lipinski definition) is 1. The number of carbonyl (C=O) groups is 2. The summed E-state index contributed by atoms with van der Waals surface area (Å²) in [6.07, 6.45) is 0. The quantitative estimate of drug-likeness (QED) is 0.192. The molecule has 1 atom stereocenters. The summed E-state index contributed by atoms with van der Waals surface area (Å²) in [5.74, 6) is -0.444. The third-order valence-electron chi connectivity index (χ3n) is 7.77. The van der Waals surface area contributed by atoms with Gasteiger partial charge in [-0.15, -0.1) is 0 Å². The molecule has 0 unspecified atom stereocenters. The van der Waals surface area contributed by atoms with E-state index in [1.54, 1.807) is 0 Å². The van der Waals surface area contributed by atoms with Gasteiger partial charge in [-0.1, -0.05) is 66.2 Å². The van der Waals surface area contributed by atoms with Gasteiger partial charge in [-0.2, -0.15) is 0 Å². The molecule has 0 aliphatic heterocycles. The monoisotopic (exact) mass is 592 g/mol. The summed E-state index contributed by atoms with van der Waals surface area (Å²) in [4.78, 5) is 26.0. The number of rotatable bonds is 7. The molecule has 5 nitrogen and oxygen atoms in total. The van der Waals surface area contributed by atoms with Gasteiger partial charge in [0.2, 0.25) is 0 Å². The van der Waals surface area contributed by atoms with Crippen molar-refractivity contribution in [2.75, 3.05) is 0 Å². The Morgan fingerprint density at radius 2 is 1.58 bits per heavy atom. The third-order valence-corrected chi connectivity index (χ3v) is 8.02. The molecule has 1 aromatic heterocycles. The smallest absolute Gasteiger partial charge is 0.339 e. The van der Waals surface area contributed by atoms with Crippen LogP contribution in [-0.2, 0) is 11.3 Å².